The van der Waals surface area contributed by atoms with Gasteiger partial charge < -0.3 is 0 Å². The summed E-state index contributed by atoms with van der Waals surface area (Å²) < 4.78 is 0. The van der Waals surface area contributed by atoms with Gasteiger partial charge in [0.25, 0.3) is 0 Å². The van der Waals surface area contributed by atoms with Gasteiger partial charge in [-0.3, -0.25) is 0 Å². The molecular formula is C34H32. The van der Waals surface area contributed by atoms with Crippen LogP contribution in [0.25, 0.3) is 0 Å². The lowest BCUT2D eigenvalue weighted by Gasteiger charge is -2.74. The minimum atomic E-state index is -0.112. The molecule has 0 spiro atoms. The summed E-state index contributed by atoms with van der Waals surface area (Å²) in [5.74, 6) is 1.57. The van der Waals surface area contributed by atoms with Crippen LogP contribution in [0, 0.1) is 11.8 Å². The van der Waals surface area contributed by atoms with Crippen LogP contribution in [0.1, 0.15) is 54.4 Å². The Morgan fingerprint density at radius 2 is 0.676 bits per heavy atom. The quantitative estimate of drug-likeness (QED) is 0.301. The van der Waals surface area contributed by atoms with E-state index in [0.29, 0.717) is 0 Å². The zero-order valence-corrected chi connectivity index (χ0v) is 19.7. The Morgan fingerprint density at radius 3 is 1.00 bits per heavy atom. The lowest BCUT2D eigenvalue weighted by atomic mass is 9.29. The Kier molecular flexibility index (Phi) is 4.44. The molecule has 0 nitrogen and oxygen atoms in total. The van der Waals surface area contributed by atoms with Gasteiger partial charge in [0.05, 0.1) is 0 Å². The van der Waals surface area contributed by atoms with Crippen LogP contribution in [-0.2, 0) is 16.2 Å². The predicted molar refractivity (Wildman–Crippen MR) is 140 cm³/mol. The van der Waals surface area contributed by atoms with Crippen LogP contribution < -0.4 is 0 Å². The first-order valence-corrected chi connectivity index (χ1v) is 13.0. The highest BCUT2D eigenvalue weighted by atomic mass is 14.8. The van der Waals surface area contributed by atoms with E-state index in [0.717, 1.165) is 11.8 Å². The van der Waals surface area contributed by atoms with Crippen molar-refractivity contribution >= 4 is 0 Å². The highest BCUT2D eigenvalue weighted by Crippen LogP contribution is 2.76. The molecule has 168 valence electrons. The second kappa shape index (κ2) is 7.44. The third-order valence-electron chi connectivity index (χ3n) is 9.72. The molecule has 0 aliphatic heterocycles. The predicted octanol–water partition coefficient (Wildman–Crippen LogP) is 8.07. The number of benzene rings is 4. The summed E-state index contributed by atoms with van der Waals surface area (Å²) >= 11 is 0. The topological polar surface area (TPSA) is 0 Å². The average molecular weight is 441 g/mol. The standard InChI is InChI=1S/C34H32/c1-5-13-28(14-6-1)32-22-26-21-27(23-32)25-33(24-26,29-15-7-2-8-16-29)34(32,30-17-9-3-10-18-30)31-19-11-4-12-20-31/h1-20,26-27H,21-25H2. The molecule has 4 bridgehead atoms. The molecule has 8 rings (SSSR count). The van der Waals surface area contributed by atoms with Crippen LogP contribution in [0.5, 0.6) is 0 Å². The van der Waals surface area contributed by atoms with E-state index in [1.165, 1.54) is 54.4 Å². The van der Waals surface area contributed by atoms with Crippen LogP contribution in [0.4, 0.5) is 0 Å². The lowest BCUT2D eigenvalue weighted by molar-refractivity contribution is -0.0904. The van der Waals surface area contributed by atoms with Crippen molar-refractivity contribution in [3.8, 4) is 0 Å². The van der Waals surface area contributed by atoms with Crippen LogP contribution in [0.2, 0.25) is 0 Å². The van der Waals surface area contributed by atoms with Crippen molar-refractivity contribution in [2.24, 2.45) is 11.8 Å². The van der Waals surface area contributed by atoms with Crippen molar-refractivity contribution in [2.75, 3.05) is 0 Å². The van der Waals surface area contributed by atoms with Gasteiger partial charge in [-0.15, -0.1) is 0 Å². The smallest absolute Gasteiger partial charge is 0.0396 e. The van der Waals surface area contributed by atoms with Gasteiger partial charge >= 0.3 is 0 Å². The fourth-order valence-electron chi connectivity index (χ4n) is 9.22. The molecular weight excluding hydrogens is 408 g/mol. The molecule has 0 radical (unpaired) electrons. The molecule has 0 N–H and O–H groups in total. The van der Waals surface area contributed by atoms with Gasteiger partial charge in [-0.25, -0.2) is 0 Å². The highest BCUT2D eigenvalue weighted by molar-refractivity contribution is 5.59. The summed E-state index contributed by atoms with van der Waals surface area (Å²) in [6.45, 7) is 0. The number of rotatable bonds is 4. The van der Waals surface area contributed by atoms with E-state index in [-0.39, 0.29) is 16.2 Å². The van der Waals surface area contributed by atoms with E-state index in [1.807, 2.05) is 0 Å². The third kappa shape index (κ3) is 2.49. The maximum atomic E-state index is 2.44. The lowest BCUT2D eigenvalue weighted by Crippen LogP contribution is -2.72. The van der Waals surface area contributed by atoms with Crippen LogP contribution in [0.3, 0.4) is 0 Å². The van der Waals surface area contributed by atoms with Gasteiger partial charge in [0, 0.05) is 16.2 Å². The second-order valence-electron chi connectivity index (χ2n) is 11.2. The molecule has 4 aromatic rings. The van der Waals surface area contributed by atoms with E-state index < -0.39 is 0 Å². The minimum Gasteiger partial charge on any atom is -0.0622 e. The summed E-state index contributed by atoms with van der Waals surface area (Å²) in [4.78, 5) is 0. The van der Waals surface area contributed by atoms with Crippen molar-refractivity contribution in [3.63, 3.8) is 0 Å². The molecule has 0 heteroatoms. The first kappa shape index (κ1) is 20.3. The molecule has 4 saturated carbocycles. The summed E-state index contributed by atoms with van der Waals surface area (Å²) in [7, 11) is 0. The maximum Gasteiger partial charge on any atom is 0.0396 e. The van der Waals surface area contributed by atoms with E-state index in [1.54, 1.807) is 0 Å². The fraction of sp³-hybridized carbons (Fsp3) is 0.294. The van der Waals surface area contributed by atoms with E-state index in [4.69, 9.17) is 0 Å². The first-order valence-electron chi connectivity index (χ1n) is 13.0. The van der Waals surface area contributed by atoms with Crippen molar-refractivity contribution in [1.29, 1.82) is 0 Å². The summed E-state index contributed by atoms with van der Waals surface area (Å²) in [5, 5.41) is 0. The van der Waals surface area contributed by atoms with Crippen LogP contribution in [-0.4, -0.2) is 0 Å². The van der Waals surface area contributed by atoms with Crippen molar-refractivity contribution in [1.82, 2.24) is 0 Å². The zero-order valence-electron chi connectivity index (χ0n) is 19.7. The van der Waals surface area contributed by atoms with Gasteiger partial charge in [-0.2, -0.15) is 0 Å². The Labute approximate surface area is 203 Å². The van der Waals surface area contributed by atoms with Crippen molar-refractivity contribution in [3.05, 3.63) is 144 Å². The highest BCUT2D eigenvalue weighted by Gasteiger charge is 2.73. The molecule has 4 aliphatic carbocycles. The number of hydrogen-bond donors (Lipinski definition) is 0. The van der Waals surface area contributed by atoms with Crippen molar-refractivity contribution in [2.45, 2.75) is 48.3 Å². The molecule has 0 unspecified atom stereocenters. The molecule has 4 fully saturated rings. The molecule has 0 amide bonds. The molecule has 0 aromatic heterocycles. The summed E-state index contributed by atoms with van der Waals surface area (Å²) in [6, 6.07) is 46.4. The average Bonchev–Trinajstić information content (AvgIpc) is 2.90. The van der Waals surface area contributed by atoms with Crippen molar-refractivity contribution < 1.29 is 0 Å². The van der Waals surface area contributed by atoms with E-state index in [2.05, 4.69) is 121 Å². The monoisotopic (exact) mass is 440 g/mol. The summed E-state index contributed by atoms with van der Waals surface area (Å²) in [6.07, 6.45) is 6.54. The Bertz CT molecular complexity index is 1160. The Morgan fingerprint density at radius 1 is 0.382 bits per heavy atom. The van der Waals surface area contributed by atoms with E-state index >= 15 is 0 Å². The third-order valence-corrected chi connectivity index (χ3v) is 9.72. The van der Waals surface area contributed by atoms with Gasteiger partial charge in [-0.1, -0.05) is 121 Å². The van der Waals surface area contributed by atoms with Crippen LogP contribution in [0.15, 0.2) is 121 Å². The molecule has 0 atom stereocenters. The normalized spacial score (nSPS) is 30.8. The van der Waals surface area contributed by atoms with Crippen LogP contribution >= 0.6 is 0 Å². The molecule has 4 aromatic carbocycles. The zero-order chi connectivity index (χ0) is 22.6. The molecule has 34 heavy (non-hydrogen) atoms. The minimum absolute atomic E-state index is 0.0802. The fourth-order valence-corrected chi connectivity index (χ4v) is 9.22. The maximum absolute atomic E-state index is 2.44. The Hall–Kier alpha value is -3.12. The first-order chi connectivity index (χ1) is 16.8. The van der Waals surface area contributed by atoms with Gasteiger partial charge in [0.15, 0.2) is 0 Å². The largest absolute Gasteiger partial charge is 0.0622 e. The van der Waals surface area contributed by atoms with E-state index in [9.17, 15) is 0 Å². The number of hydrogen-bond acceptors (Lipinski definition) is 0. The molecule has 0 heterocycles. The second-order valence-corrected chi connectivity index (χ2v) is 11.2. The summed E-state index contributed by atoms with van der Waals surface area (Å²) in [5.41, 5.74) is 6.11. The Balaban J connectivity index is 1.67. The van der Waals surface area contributed by atoms with Gasteiger partial charge in [0.2, 0.25) is 0 Å². The van der Waals surface area contributed by atoms with Gasteiger partial charge in [0.1, 0.15) is 0 Å². The molecule has 0 saturated heterocycles. The molecule has 4 aliphatic rings. The SMILES string of the molecule is c1ccc(C23CC4CC(C2)CC(c2ccccc2)(C4)C3(c2ccccc2)c2ccccc2)cc1. The van der Waals surface area contributed by atoms with Gasteiger partial charge in [-0.05, 0) is 66.2 Å².